The molecule has 0 radical (unpaired) electrons. The number of hydrogen-bond donors (Lipinski definition) is 0. The van der Waals surface area contributed by atoms with Crippen LogP contribution in [0.4, 0.5) is 0 Å². The van der Waals surface area contributed by atoms with Gasteiger partial charge in [0.15, 0.2) is 0 Å². The number of hydrogen-bond acceptors (Lipinski definition) is 1. The van der Waals surface area contributed by atoms with Gasteiger partial charge in [-0.2, -0.15) is 0 Å². The molecule has 17 heavy (non-hydrogen) atoms. The smallest absolute Gasteiger partial charge is 0.146 e. The molecule has 0 N–H and O–H groups in total. The Morgan fingerprint density at radius 1 is 1.24 bits per heavy atom. The minimum absolute atomic E-state index is 0.272. The summed E-state index contributed by atoms with van der Waals surface area (Å²) in [5, 5.41) is 0. The number of carbonyl (C=O) groups is 1. The van der Waals surface area contributed by atoms with Crippen molar-refractivity contribution < 1.29 is 4.79 Å². The molecule has 1 nitrogen and oxygen atoms in total. The van der Waals surface area contributed by atoms with Gasteiger partial charge >= 0.3 is 0 Å². The van der Waals surface area contributed by atoms with Gasteiger partial charge in [-0.1, -0.05) is 31.6 Å². The van der Waals surface area contributed by atoms with Crippen molar-refractivity contribution in [2.75, 3.05) is 0 Å². The molecule has 0 aromatic heterocycles. The standard InChI is InChI=1S/C16H24O/c1-12(14(3)11-17)8-9-15-13(2)7-6-10-16(15,4)5/h8-9,11H,6-7,10H2,1-5H3. The summed E-state index contributed by atoms with van der Waals surface area (Å²) in [5.74, 6) is 0. The molecule has 0 aromatic carbocycles. The average Bonchev–Trinajstić information content (AvgIpc) is 2.26. The van der Waals surface area contributed by atoms with E-state index >= 15 is 0 Å². The van der Waals surface area contributed by atoms with E-state index in [0.717, 1.165) is 17.4 Å². The van der Waals surface area contributed by atoms with Crippen molar-refractivity contribution in [1.29, 1.82) is 0 Å². The summed E-state index contributed by atoms with van der Waals surface area (Å²) in [5.41, 5.74) is 5.08. The Hall–Kier alpha value is -1.11. The largest absolute Gasteiger partial charge is 0.298 e. The molecule has 1 aliphatic rings. The van der Waals surface area contributed by atoms with Gasteiger partial charge in [0.25, 0.3) is 0 Å². The van der Waals surface area contributed by atoms with Gasteiger partial charge in [-0.3, -0.25) is 4.79 Å². The van der Waals surface area contributed by atoms with Gasteiger partial charge in [0.2, 0.25) is 0 Å². The van der Waals surface area contributed by atoms with Gasteiger partial charge in [0, 0.05) is 0 Å². The molecule has 0 aliphatic heterocycles. The fraction of sp³-hybridized carbons (Fsp3) is 0.562. The topological polar surface area (TPSA) is 17.1 Å². The van der Waals surface area contributed by atoms with Gasteiger partial charge in [-0.15, -0.1) is 0 Å². The van der Waals surface area contributed by atoms with Crippen LogP contribution in [0.5, 0.6) is 0 Å². The van der Waals surface area contributed by atoms with Gasteiger partial charge in [-0.05, 0) is 62.2 Å². The first-order valence-corrected chi connectivity index (χ1v) is 6.39. The van der Waals surface area contributed by atoms with Crippen molar-refractivity contribution >= 4 is 6.29 Å². The van der Waals surface area contributed by atoms with Gasteiger partial charge in [-0.25, -0.2) is 0 Å². The van der Waals surface area contributed by atoms with Crippen LogP contribution in [0.3, 0.4) is 0 Å². The van der Waals surface area contributed by atoms with Crippen LogP contribution in [0.1, 0.15) is 53.9 Å². The highest BCUT2D eigenvalue weighted by Gasteiger charge is 2.26. The molecule has 0 saturated carbocycles. The van der Waals surface area contributed by atoms with Crippen molar-refractivity contribution in [3.05, 3.63) is 34.4 Å². The van der Waals surface area contributed by atoms with E-state index in [2.05, 4.69) is 32.9 Å². The summed E-state index contributed by atoms with van der Waals surface area (Å²) < 4.78 is 0. The Morgan fingerprint density at radius 3 is 2.41 bits per heavy atom. The van der Waals surface area contributed by atoms with Crippen molar-refractivity contribution in [3.8, 4) is 0 Å². The maximum absolute atomic E-state index is 10.7. The Kier molecular flexibility index (Phi) is 4.50. The highest BCUT2D eigenvalue weighted by Crippen LogP contribution is 2.40. The zero-order chi connectivity index (χ0) is 13.1. The zero-order valence-electron chi connectivity index (χ0n) is 11.8. The highest BCUT2D eigenvalue weighted by atomic mass is 16.1. The van der Waals surface area contributed by atoms with Crippen LogP contribution in [-0.4, -0.2) is 6.29 Å². The fourth-order valence-electron chi connectivity index (χ4n) is 2.44. The number of allylic oxidation sites excluding steroid dienone is 6. The lowest BCUT2D eigenvalue weighted by Crippen LogP contribution is -2.19. The minimum Gasteiger partial charge on any atom is -0.298 e. The lowest BCUT2D eigenvalue weighted by molar-refractivity contribution is -0.104. The van der Waals surface area contributed by atoms with Crippen LogP contribution < -0.4 is 0 Å². The van der Waals surface area contributed by atoms with Gasteiger partial charge in [0.1, 0.15) is 6.29 Å². The SMILES string of the molecule is CC(C=O)=C(C)C=CC1=C(C)CCCC1(C)C. The molecular formula is C16H24O. The van der Waals surface area contributed by atoms with E-state index in [-0.39, 0.29) is 5.41 Å². The zero-order valence-corrected chi connectivity index (χ0v) is 11.8. The van der Waals surface area contributed by atoms with E-state index in [1.807, 2.05) is 13.8 Å². The number of aldehydes is 1. The highest BCUT2D eigenvalue weighted by molar-refractivity contribution is 5.74. The molecule has 1 aliphatic carbocycles. The Balaban J connectivity index is 3.01. The van der Waals surface area contributed by atoms with Gasteiger partial charge in [0.05, 0.1) is 0 Å². The monoisotopic (exact) mass is 232 g/mol. The molecule has 0 saturated heterocycles. The predicted octanol–water partition coefficient (Wildman–Crippen LogP) is 4.60. The summed E-state index contributed by atoms with van der Waals surface area (Å²) in [6.45, 7) is 10.7. The summed E-state index contributed by atoms with van der Waals surface area (Å²) in [6.07, 6.45) is 8.95. The molecule has 0 bridgehead atoms. The predicted molar refractivity (Wildman–Crippen MR) is 73.9 cm³/mol. The minimum atomic E-state index is 0.272. The fourth-order valence-corrected chi connectivity index (χ4v) is 2.44. The third-order valence-electron chi connectivity index (χ3n) is 3.84. The van der Waals surface area contributed by atoms with E-state index in [9.17, 15) is 4.79 Å². The van der Waals surface area contributed by atoms with Crippen LogP contribution in [0, 0.1) is 5.41 Å². The second-order valence-corrected chi connectivity index (χ2v) is 5.75. The Morgan fingerprint density at radius 2 is 1.88 bits per heavy atom. The molecule has 1 rings (SSSR count). The second kappa shape index (κ2) is 5.48. The summed E-state index contributed by atoms with van der Waals surface area (Å²) >= 11 is 0. The van der Waals surface area contributed by atoms with Crippen molar-refractivity contribution in [2.24, 2.45) is 5.41 Å². The number of rotatable bonds is 3. The lowest BCUT2D eigenvalue weighted by Gasteiger charge is -2.33. The molecule has 1 heteroatoms. The third-order valence-corrected chi connectivity index (χ3v) is 3.84. The average molecular weight is 232 g/mol. The first-order chi connectivity index (χ1) is 7.88. The van der Waals surface area contributed by atoms with E-state index in [0.29, 0.717) is 0 Å². The molecule has 0 fully saturated rings. The van der Waals surface area contributed by atoms with Crippen LogP contribution in [0.15, 0.2) is 34.4 Å². The summed E-state index contributed by atoms with van der Waals surface area (Å²) in [4.78, 5) is 10.7. The van der Waals surface area contributed by atoms with E-state index in [1.165, 1.54) is 30.4 Å². The lowest BCUT2D eigenvalue weighted by atomic mass is 9.72. The first-order valence-electron chi connectivity index (χ1n) is 6.39. The van der Waals surface area contributed by atoms with Crippen molar-refractivity contribution in [3.63, 3.8) is 0 Å². The van der Waals surface area contributed by atoms with Crippen molar-refractivity contribution in [1.82, 2.24) is 0 Å². The molecule has 0 unspecified atom stereocenters. The van der Waals surface area contributed by atoms with Crippen molar-refractivity contribution in [2.45, 2.75) is 53.9 Å². The normalized spacial score (nSPS) is 21.7. The maximum atomic E-state index is 10.7. The third kappa shape index (κ3) is 3.42. The Labute approximate surface area is 105 Å². The van der Waals surface area contributed by atoms with Crippen LogP contribution in [0.25, 0.3) is 0 Å². The van der Waals surface area contributed by atoms with Gasteiger partial charge < -0.3 is 0 Å². The Bertz CT molecular complexity index is 392. The molecule has 0 amide bonds. The van der Waals surface area contributed by atoms with Crippen LogP contribution in [-0.2, 0) is 4.79 Å². The molecule has 0 atom stereocenters. The van der Waals surface area contributed by atoms with E-state index < -0.39 is 0 Å². The molecule has 0 spiro atoms. The summed E-state index contributed by atoms with van der Waals surface area (Å²) in [6, 6.07) is 0. The quantitative estimate of drug-likeness (QED) is 0.395. The maximum Gasteiger partial charge on any atom is 0.146 e. The van der Waals surface area contributed by atoms with E-state index in [1.54, 1.807) is 0 Å². The number of carbonyl (C=O) groups excluding carboxylic acids is 1. The first kappa shape index (κ1) is 14.0. The summed E-state index contributed by atoms with van der Waals surface area (Å²) in [7, 11) is 0. The molecule has 0 heterocycles. The molecule has 0 aromatic rings. The molecular weight excluding hydrogens is 208 g/mol. The second-order valence-electron chi connectivity index (χ2n) is 5.75. The van der Waals surface area contributed by atoms with E-state index in [4.69, 9.17) is 0 Å². The van der Waals surface area contributed by atoms with Crippen LogP contribution >= 0.6 is 0 Å². The van der Waals surface area contributed by atoms with Crippen LogP contribution in [0.2, 0.25) is 0 Å². The molecule has 94 valence electrons.